The average Bonchev–Trinajstić information content (AvgIpc) is 3.58. The van der Waals surface area contributed by atoms with Crippen LogP contribution in [0.5, 0.6) is 0 Å². The molecule has 2 amide bonds. The molecule has 5 heterocycles. The van der Waals surface area contributed by atoms with E-state index in [-0.39, 0.29) is 11.8 Å². The molecule has 1 saturated heterocycles. The largest absolute Gasteiger partial charge is 0.360 e. The van der Waals surface area contributed by atoms with E-state index >= 15 is 0 Å². The number of likely N-dealkylation sites (tertiary alicyclic amines) is 1. The Morgan fingerprint density at radius 2 is 1.85 bits per heavy atom. The van der Waals surface area contributed by atoms with Crippen molar-refractivity contribution in [1.29, 1.82) is 0 Å². The fourth-order valence-corrected chi connectivity index (χ4v) is 6.20. The third-order valence-electron chi connectivity index (χ3n) is 7.19. The normalized spacial score (nSPS) is 18.2. The molecule has 0 saturated carbocycles. The number of imide groups is 1. The highest BCUT2D eigenvalue weighted by molar-refractivity contribution is 7.17. The second-order valence-electron chi connectivity index (χ2n) is 9.52. The predicted octanol–water partition coefficient (Wildman–Crippen LogP) is 4.27. The lowest BCUT2D eigenvalue weighted by atomic mass is 9.96. The van der Waals surface area contributed by atoms with E-state index in [4.69, 9.17) is 5.10 Å². The highest BCUT2D eigenvalue weighted by Gasteiger charge is 2.36. The molecule has 0 atom stereocenters. The number of nitrogens with zero attached hydrogens (tertiary/aromatic N) is 3. The number of hydrogen-bond acceptors (Lipinski definition) is 5. The van der Waals surface area contributed by atoms with Crippen molar-refractivity contribution < 1.29 is 9.59 Å². The fraction of sp³-hybridized carbons (Fsp3) is 0.346. The van der Waals surface area contributed by atoms with Crippen molar-refractivity contribution in [1.82, 2.24) is 25.0 Å². The second kappa shape index (κ2) is 8.21. The molecule has 0 spiro atoms. The van der Waals surface area contributed by atoms with E-state index in [1.807, 2.05) is 40.5 Å². The first-order valence-corrected chi connectivity index (χ1v) is 12.7. The summed E-state index contributed by atoms with van der Waals surface area (Å²) in [5.74, 6) is -0.213. The number of carbonyl (C=O) groups is 2. The molecule has 6 rings (SSSR count). The molecular weight excluding hydrogens is 446 g/mol. The third-order valence-corrected chi connectivity index (χ3v) is 8.14. The minimum atomic E-state index is -0.383. The van der Waals surface area contributed by atoms with Crippen LogP contribution < -0.4 is 5.32 Å². The van der Waals surface area contributed by atoms with Gasteiger partial charge in [-0.2, -0.15) is 5.10 Å². The topological polar surface area (TPSA) is 83.0 Å². The van der Waals surface area contributed by atoms with Crippen LogP contribution in [0.1, 0.15) is 37.9 Å². The molecule has 7 nitrogen and oxygen atoms in total. The lowest BCUT2D eigenvalue weighted by molar-refractivity contribution is -0.122. The summed E-state index contributed by atoms with van der Waals surface area (Å²) >= 11 is 1.56. The van der Waals surface area contributed by atoms with Crippen molar-refractivity contribution in [3.8, 4) is 0 Å². The van der Waals surface area contributed by atoms with E-state index in [2.05, 4.69) is 35.1 Å². The molecule has 1 fully saturated rings. The molecule has 1 aromatic carbocycles. The number of benzene rings is 1. The Balaban J connectivity index is 1.44. The molecule has 8 heteroatoms. The minimum Gasteiger partial charge on any atom is -0.360 e. The molecule has 2 aliphatic heterocycles. The van der Waals surface area contributed by atoms with Gasteiger partial charge in [0.15, 0.2) is 0 Å². The highest BCUT2D eigenvalue weighted by atomic mass is 32.1. The first kappa shape index (κ1) is 21.3. The Bertz CT molecular complexity index is 1450. The molecule has 3 aromatic heterocycles. The maximum absolute atomic E-state index is 13.1. The van der Waals surface area contributed by atoms with E-state index in [1.54, 1.807) is 11.3 Å². The lowest BCUT2D eigenvalue weighted by Gasteiger charge is -2.34. The molecule has 174 valence electrons. The van der Waals surface area contributed by atoms with E-state index < -0.39 is 0 Å². The van der Waals surface area contributed by atoms with Crippen LogP contribution in [0.25, 0.3) is 32.3 Å². The van der Waals surface area contributed by atoms with Gasteiger partial charge in [-0.3, -0.25) is 19.6 Å². The number of carbonyl (C=O) groups excluding carboxylic acids is 2. The van der Waals surface area contributed by atoms with Crippen LogP contribution in [-0.4, -0.2) is 50.6 Å². The lowest BCUT2D eigenvalue weighted by Crippen LogP contribution is -2.39. The number of aromatic nitrogens is 3. The van der Waals surface area contributed by atoms with Crippen molar-refractivity contribution in [2.45, 2.75) is 39.3 Å². The van der Waals surface area contributed by atoms with E-state index in [0.29, 0.717) is 28.8 Å². The zero-order valence-electron chi connectivity index (χ0n) is 19.3. The molecule has 0 unspecified atom stereocenters. The number of aromatic amines is 1. The van der Waals surface area contributed by atoms with Gasteiger partial charge in [-0.05, 0) is 63.2 Å². The van der Waals surface area contributed by atoms with Gasteiger partial charge >= 0.3 is 0 Å². The summed E-state index contributed by atoms with van der Waals surface area (Å²) in [5.41, 5.74) is 4.06. The van der Waals surface area contributed by atoms with Gasteiger partial charge in [-0.25, -0.2) is 0 Å². The second-order valence-corrected chi connectivity index (χ2v) is 10.4. The van der Waals surface area contributed by atoms with E-state index in [0.717, 1.165) is 59.2 Å². The molecule has 2 N–H and O–H groups in total. The minimum absolute atomic E-state index is 0.365. The molecular formula is C26H27N5O2S. The monoisotopic (exact) mass is 473 g/mol. The molecule has 4 aromatic rings. The standard InChI is InChI=1S/C26H27N5O2S/c1-15(2)30-10-7-16(8-11-30)14-31-20-6-4-3-5-17(20)23(29-31)22-21(25(32)28-26(22)33)18-13-27-19-9-12-34-24(18)19/h3-6,9,12-13,15-16,27H,7-8,10-11,14H2,1-2H3,(H,28,32,33). The van der Waals surface area contributed by atoms with Crippen LogP contribution in [-0.2, 0) is 16.1 Å². The number of nitrogens with one attached hydrogen (secondary N) is 2. The Kier molecular flexibility index (Phi) is 5.15. The van der Waals surface area contributed by atoms with Gasteiger partial charge in [-0.1, -0.05) is 18.2 Å². The highest BCUT2D eigenvalue weighted by Crippen LogP contribution is 2.38. The van der Waals surface area contributed by atoms with Crippen molar-refractivity contribution in [2.24, 2.45) is 5.92 Å². The Morgan fingerprint density at radius 1 is 1.09 bits per heavy atom. The van der Waals surface area contributed by atoms with Gasteiger partial charge in [-0.15, -0.1) is 11.3 Å². The number of rotatable bonds is 5. The maximum Gasteiger partial charge on any atom is 0.261 e. The number of fused-ring (bicyclic) bond motifs is 2. The first-order valence-electron chi connectivity index (χ1n) is 11.9. The number of amides is 2. The number of H-pyrrole nitrogens is 1. The van der Waals surface area contributed by atoms with Crippen LogP contribution in [0.4, 0.5) is 0 Å². The summed E-state index contributed by atoms with van der Waals surface area (Å²) in [6.45, 7) is 7.52. The molecule has 0 bridgehead atoms. The van der Waals surface area contributed by atoms with Crippen molar-refractivity contribution in [3.63, 3.8) is 0 Å². The van der Waals surface area contributed by atoms with E-state index in [9.17, 15) is 9.59 Å². The van der Waals surface area contributed by atoms with Crippen LogP contribution in [0.15, 0.2) is 41.9 Å². The van der Waals surface area contributed by atoms with Crippen molar-refractivity contribution in [2.75, 3.05) is 13.1 Å². The Morgan fingerprint density at radius 3 is 2.65 bits per heavy atom. The molecule has 0 aliphatic carbocycles. The van der Waals surface area contributed by atoms with E-state index in [1.165, 1.54) is 0 Å². The van der Waals surface area contributed by atoms with Crippen molar-refractivity contribution in [3.05, 3.63) is 53.2 Å². The van der Waals surface area contributed by atoms with Crippen LogP contribution in [0, 0.1) is 5.92 Å². The summed E-state index contributed by atoms with van der Waals surface area (Å²) in [6, 6.07) is 10.6. The molecule has 2 aliphatic rings. The van der Waals surface area contributed by atoms with Crippen LogP contribution in [0.2, 0.25) is 0 Å². The summed E-state index contributed by atoms with van der Waals surface area (Å²) in [6.07, 6.45) is 4.08. The van der Waals surface area contributed by atoms with Crippen molar-refractivity contribution >= 4 is 55.4 Å². The van der Waals surface area contributed by atoms with Gasteiger partial charge in [0.1, 0.15) is 5.69 Å². The van der Waals surface area contributed by atoms with Crippen LogP contribution in [0.3, 0.4) is 0 Å². The average molecular weight is 474 g/mol. The SMILES string of the molecule is CC(C)N1CCC(Cn2nc(C3=C(c4c[nH]c5ccsc45)C(=O)NC3=O)c3ccccc32)CC1. The Hall–Kier alpha value is -3.23. The number of hydrogen-bond donors (Lipinski definition) is 2. The van der Waals surface area contributed by atoms with Crippen LogP contribution >= 0.6 is 11.3 Å². The zero-order chi connectivity index (χ0) is 23.4. The summed E-state index contributed by atoms with van der Waals surface area (Å²) in [5, 5.41) is 10.4. The van der Waals surface area contributed by atoms with Gasteiger partial charge in [0, 0.05) is 29.7 Å². The van der Waals surface area contributed by atoms with Gasteiger partial charge in [0.25, 0.3) is 11.8 Å². The summed E-state index contributed by atoms with van der Waals surface area (Å²) in [4.78, 5) is 31.7. The first-order chi connectivity index (χ1) is 16.5. The number of thiophene rings is 1. The smallest absolute Gasteiger partial charge is 0.261 e. The maximum atomic E-state index is 13.1. The quantitative estimate of drug-likeness (QED) is 0.424. The third kappa shape index (κ3) is 3.40. The zero-order valence-corrected chi connectivity index (χ0v) is 20.1. The summed E-state index contributed by atoms with van der Waals surface area (Å²) < 4.78 is 3.01. The predicted molar refractivity (Wildman–Crippen MR) is 135 cm³/mol. The van der Waals surface area contributed by atoms with Gasteiger partial charge in [0.05, 0.1) is 26.9 Å². The number of piperidine rings is 1. The number of para-hydroxylation sites is 1. The molecule has 0 radical (unpaired) electrons. The fourth-order valence-electron chi connectivity index (χ4n) is 5.32. The Labute approximate surface area is 201 Å². The molecule has 34 heavy (non-hydrogen) atoms. The van der Waals surface area contributed by atoms with Gasteiger partial charge < -0.3 is 9.88 Å². The summed E-state index contributed by atoms with van der Waals surface area (Å²) in [7, 11) is 0. The van der Waals surface area contributed by atoms with Gasteiger partial charge in [0.2, 0.25) is 0 Å².